The van der Waals surface area contributed by atoms with Gasteiger partial charge in [0, 0.05) is 18.0 Å². The van der Waals surface area contributed by atoms with Crippen molar-refractivity contribution in [1.29, 1.82) is 0 Å². The summed E-state index contributed by atoms with van der Waals surface area (Å²) in [5.74, 6) is -0.651. The Labute approximate surface area is 107 Å². The molecular weight excluding hydrogens is 246 g/mol. The van der Waals surface area contributed by atoms with E-state index in [9.17, 15) is 9.90 Å². The fourth-order valence-corrected chi connectivity index (χ4v) is 1.93. The number of carboxylic acids is 1. The zero-order valence-corrected chi connectivity index (χ0v) is 9.69. The van der Waals surface area contributed by atoms with E-state index in [2.05, 4.69) is 9.97 Å². The zero-order chi connectivity index (χ0) is 13.4. The number of aromatic hydroxyl groups is 1. The lowest BCUT2D eigenvalue weighted by Gasteiger charge is -2.01. The van der Waals surface area contributed by atoms with E-state index in [1.54, 1.807) is 24.5 Å². The summed E-state index contributed by atoms with van der Waals surface area (Å²) in [4.78, 5) is 19.3. The molecule has 0 spiro atoms. The molecule has 6 heteroatoms. The van der Waals surface area contributed by atoms with Crippen molar-refractivity contribution in [2.75, 3.05) is 0 Å². The van der Waals surface area contributed by atoms with Crippen LogP contribution in [-0.2, 0) is 0 Å². The predicted octanol–water partition coefficient (Wildman–Crippen LogP) is 1.80. The first-order chi connectivity index (χ1) is 9.16. The van der Waals surface area contributed by atoms with Gasteiger partial charge in [0.15, 0.2) is 5.69 Å². The van der Waals surface area contributed by atoms with Crippen molar-refractivity contribution in [2.24, 2.45) is 0 Å². The average Bonchev–Trinajstić information content (AvgIpc) is 2.78. The van der Waals surface area contributed by atoms with Gasteiger partial charge in [-0.25, -0.2) is 9.78 Å². The molecule has 3 rings (SSSR count). The molecule has 0 amide bonds. The number of hydrogen-bond donors (Lipinski definition) is 2. The van der Waals surface area contributed by atoms with E-state index in [0.29, 0.717) is 16.9 Å². The normalized spacial score (nSPS) is 10.7. The van der Waals surface area contributed by atoms with Crippen molar-refractivity contribution in [3.63, 3.8) is 0 Å². The fraction of sp³-hybridized carbons (Fsp3) is 0. The molecule has 0 bridgehead atoms. The smallest absolute Gasteiger partial charge is 0.356 e. The van der Waals surface area contributed by atoms with Crippen molar-refractivity contribution in [3.8, 4) is 17.1 Å². The van der Waals surface area contributed by atoms with Crippen LogP contribution in [0.3, 0.4) is 0 Å². The Balaban J connectivity index is 2.36. The van der Waals surface area contributed by atoms with Crippen molar-refractivity contribution in [3.05, 3.63) is 48.5 Å². The maximum absolute atomic E-state index is 11.2. The van der Waals surface area contributed by atoms with E-state index in [4.69, 9.17) is 5.11 Å². The minimum Gasteiger partial charge on any atom is -0.506 e. The van der Waals surface area contributed by atoms with Gasteiger partial charge in [0.25, 0.3) is 0 Å². The lowest BCUT2D eigenvalue weighted by atomic mass is 10.3. The Morgan fingerprint density at radius 2 is 2.11 bits per heavy atom. The van der Waals surface area contributed by atoms with E-state index in [1.165, 1.54) is 22.7 Å². The number of carboxylic acid groups (broad SMARTS) is 1. The number of nitrogens with zero attached hydrogens (tertiary/aromatic N) is 3. The standard InChI is InChI=1S/C13H9N3O3/c17-9-3-4-10-11(13(18)19)15-12(16(10)7-9)8-2-1-5-14-6-8/h1-7,17H,(H,18,19). The van der Waals surface area contributed by atoms with Gasteiger partial charge in [0.1, 0.15) is 11.6 Å². The van der Waals surface area contributed by atoms with Crippen LogP contribution in [0.1, 0.15) is 10.5 Å². The van der Waals surface area contributed by atoms with Gasteiger partial charge in [-0.3, -0.25) is 9.38 Å². The number of pyridine rings is 2. The summed E-state index contributed by atoms with van der Waals surface area (Å²) < 4.78 is 1.54. The first-order valence-corrected chi connectivity index (χ1v) is 5.51. The van der Waals surface area contributed by atoms with Gasteiger partial charge in [0.05, 0.1) is 11.7 Å². The first kappa shape index (κ1) is 11.2. The SMILES string of the molecule is O=C(O)c1nc(-c2cccnc2)n2cc(O)ccc12. The van der Waals surface area contributed by atoms with Crippen LogP contribution < -0.4 is 0 Å². The van der Waals surface area contributed by atoms with Crippen molar-refractivity contribution >= 4 is 11.5 Å². The molecule has 0 unspecified atom stereocenters. The van der Waals surface area contributed by atoms with Gasteiger partial charge in [-0.05, 0) is 24.3 Å². The van der Waals surface area contributed by atoms with Gasteiger partial charge in [-0.2, -0.15) is 0 Å². The molecule has 0 aliphatic carbocycles. The highest BCUT2D eigenvalue weighted by Crippen LogP contribution is 2.24. The molecule has 3 aromatic rings. The summed E-state index contributed by atoms with van der Waals surface area (Å²) in [5, 5.41) is 18.7. The number of imidazole rings is 1. The van der Waals surface area contributed by atoms with E-state index in [1.807, 2.05) is 0 Å². The van der Waals surface area contributed by atoms with Crippen LogP contribution in [-0.4, -0.2) is 30.6 Å². The quantitative estimate of drug-likeness (QED) is 0.729. The number of aromatic carboxylic acids is 1. The van der Waals surface area contributed by atoms with Crippen molar-refractivity contribution in [2.45, 2.75) is 0 Å². The minimum atomic E-state index is -1.11. The van der Waals surface area contributed by atoms with Crippen LogP contribution in [0, 0.1) is 0 Å². The largest absolute Gasteiger partial charge is 0.506 e. The third kappa shape index (κ3) is 1.79. The van der Waals surface area contributed by atoms with Crippen LogP contribution in [0.4, 0.5) is 0 Å². The number of carbonyl (C=O) groups is 1. The van der Waals surface area contributed by atoms with Gasteiger partial charge in [-0.1, -0.05) is 0 Å². The summed E-state index contributed by atoms with van der Waals surface area (Å²) in [7, 11) is 0. The Morgan fingerprint density at radius 3 is 2.79 bits per heavy atom. The summed E-state index contributed by atoms with van der Waals surface area (Å²) in [6.45, 7) is 0. The summed E-state index contributed by atoms with van der Waals surface area (Å²) in [6.07, 6.45) is 4.64. The van der Waals surface area contributed by atoms with E-state index < -0.39 is 5.97 Å². The van der Waals surface area contributed by atoms with Crippen LogP contribution in [0.2, 0.25) is 0 Å². The molecule has 0 atom stereocenters. The third-order valence-electron chi connectivity index (χ3n) is 2.74. The van der Waals surface area contributed by atoms with Crippen molar-refractivity contribution in [1.82, 2.24) is 14.4 Å². The lowest BCUT2D eigenvalue weighted by molar-refractivity contribution is 0.0693. The zero-order valence-electron chi connectivity index (χ0n) is 9.69. The number of aromatic nitrogens is 3. The third-order valence-corrected chi connectivity index (χ3v) is 2.74. The Hall–Kier alpha value is -2.89. The molecule has 19 heavy (non-hydrogen) atoms. The van der Waals surface area contributed by atoms with Crippen LogP contribution in [0.15, 0.2) is 42.9 Å². The molecule has 2 N–H and O–H groups in total. The number of rotatable bonds is 2. The molecule has 0 saturated carbocycles. The second-order valence-electron chi connectivity index (χ2n) is 3.97. The highest BCUT2D eigenvalue weighted by molar-refractivity contribution is 5.95. The molecule has 3 aromatic heterocycles. The molecule has 0 saturated heterocycles. The second kappa shape index (κ2) is 4.09. The van der Waals surface area contributed by atoms with Crippen LogP contribution in [0.5, 0.6) is 5.75 Å². The molecule has 0 aliphatic rings. The monoisotopic (exact) mass is 255 g/mol. The molecule has 0 aromatic carbocycles. The van der Waals surface area contributed by atoms with Crippen molar-refractivity contribution < 1.29 is 15.0 Å². The minimum absolute atomic E-state index is 0.0342. The topological polar surface area (TPSA) is 87.7 Å². The van der Waals surface area contributed by atoms with Gasteiger partial charge >= 0.3 is 5.97 Å². The Kier molecular flexibility index (Phi) is 2.42. The highest BCUT2D eigenvalue weighted by atomic mass is 16.4. The second-order valence-corrected chi connectivity index (χ2v) is 3.97. The van der Waals surface area contributed by atoms with E-state index in [-0.39, 0.29) is 11.4 Å². The first-order valence-electron chi connectivity index (χ1n) is 5.51. The molecule has 0 aliphatic heterocycles. The predicted molar refractivity (Wildman–Crippen MR) is 67.0 cm³/mol. The molecule has 0 fully saturated rings. The van der Waals surface area contributed by atoms with Gasteiger partial charge in [-0.15, -0.1) is 0 Å². The average molecular weight is 255 g/mol. The molecule has 3 heterocycles. The summed E-state index contributed by atoms with van der Waals surface area (Å²) in [5.41, 5.74) is 1.04. The maximum atomic E-state index is 11.2. The fourth-order valence-electron chi connectivity index (χ4n) is 1.93. The van der Waals surface area contributed by atoms with Crippen LogP contribution in [0.25, 0.3) is 16.9 Å². The number of fused-ring (bicyclic) bond motifs is 1. The lowest BCUT2D eigenvalue weighted by Crippen LogP contribution is -1.97. The molecule has 0 radical (unpaired) electrons. The number of hydrogen-bond acceptors (Lipinski definition) is 4. The van der Waals surface area contributed by atoms with Crippen LogP contribution >= 0.6 is 0 Å². The maximum Gasteiger partial charge on any atom is 0.356 e. The molecule has 6 nitrogen and oxygen atoms in total. The highest BCUT2D eigenvalue weighted by Gasteiger charge is 2.17. The molecular formula is C13H9N3O3. The Morgan fingerprint density at radius 1 is 1.26 bits per heavy atom. The van der Waals surface area contributed by atoms with E-state index in [0.717, 1.165) is 0 Å². The summed E-state index contributed by atoms with van der Waals surface area (Å²) in [6, 6.07) is 6.46. The Bertz CT molecular complexity index is 765. The van der Waals surface area contributed by atoms with E-state index >= 15 is 0 Å². The molecule has 94 valence electrons. The van der Waals surface area contributed by atoms with Gasteiger partial charge in [0.2, 0.25) is 0 Å². The summed E-state index contributed by atoms with van der Waals surface area (Å²) >= 11 is 0. The van der Waals surface area contributed by atoms with Gasteiger partial charge < -0.3 is 10.2 Å².